The Bertz CT molecular complexity index is 956. The van der Waals surface area contributed by atoms with Crippen molar-refractivity contribution in [1.82, 2.24) is 10.2 Å². The minimum atomic E-state index is 0.0526. The first kappa shape index (κ1) is 25.1. The number of rotatable bonds is 9. The Balaban J connectivity index is 1.24. The number of benzene rings is 1. The van der Waals surface area contributed by atoms with Gasteiger partial charge in [-0.25, -0.2) is 9.79 Å². The number of nitrogens with two attached hydrogens (primary N) is 1. The van der Waals surface area contributed by atoms with Crippen molar-refractivity contribution < 1.29 is 9.53 Å². The SMILES string of the molecule is COc1cc(N2CCN(C(=O)NCCCCC3CCSS3)CC2)ccc1N=C(N)c1cccs1. The second kappa shape index (κ2) is 12.6. The summed E-state index contributed by atoms with van der Waals surface area (Å²) in [6.45, 7) is 3.74. The topological polar surface area (TPSA) is 83.2 Å². The molecule has 1 aromatic carbocycles. The summed E-state index contributed by atoms with van der Waals surface area (Å²) in [6, 6.07) is 9.94. The van der Waals surface area contributed by atoms with E-state index in [0.29, 0.717) is 30.4 Å². The van der Waals surface area contributed by atoms with Crippen LogP contribution in [0, 0.1) is 0 Å². The number of hydrogen-bond donors (Lipinski definition) is 2. The van der Waals surface area contributed by atoms with Crippen LogP contribution >= 0.6 is 32.9 Å². The van der Waals surface area contributed by atoms with Crippen molar-refractivity contribution in [3.63, 3.8) is 0 Å². The Morgan fingerprint density at radius 1 is 1.24 bits per heavy atom. The minimum Gasteiger partial charge on any atom is -0.494 e. The fourth-order valence-corrected chi connectivity index (χ4v) is 7.76. The van der Waals surface area contributed by atoms with Crippen molar-refractivity contribution in [3.05, 3.63) is 40.6 Å². The van der Waals surface area contributed by atoms with Crippen LogP contribution in [0.15, 0.2) is 40.7 Å². The number of aliphatic imine (C=N–C) groups is 1. The van der Waals surface area contributed by atoms with Gasteiger partial charge >= 0.3 is 6.03 Å². The number of hydrogen-bond acceptors (Lipinski definition) is 7. The number of ether oxygens (including phenoxy) is 1. The first-order valence-electron chi connectivity index (χ1n) is 11.8. The molecule has 1 atom stereocenters. The maximum atomic E-state index is 12.5. The number of anilines is 1. The smallest absolute Gasteiger partial charge is 0.317 e. The summed E-state index contributed by atoms with van der Waals surface area (Å²) in [6.07, 6.45) is 4.84. The van der Waals surface area contributed by atoms with Gasteiger partial charge in [-0.15, -0.1) is 11.3 Å². The molecule has 0 bridgehead atoms. The van der Waals surface area contributed by atoms with Crippen LogP contribution in [0.5, 0.6) is 5.75 Å². The average molecular weight is 520 g/mol. The third kappa shape index (κ3) is 6.76. The summed E-state index contributed by atoms with van der Waals surface area (Å²) in [7, 11) is 5.67. The number of carbonyl (C=O) groups is 1. The van der Waals surface area contributed by atoms with Crippen LogP contribution in [0.3, 0.4) is 0 Å². The van der Waals surface area contributed by atoms with E-state index in [2.05, 4.69) is 15.2 Å². The Hall–Kier alpha value is -2.04. The molecule has 34 heavy (non-hydrogen) atoms. The molecule has 2 aliphatic rings. The van der Waals surface area contributed by atoms with Gasteiger partial charge in [0.25, 0.3) is 0 Å². The standard InChI is InChI=1S/C24H33N5O2S3/c1-31-21-17-18(7-8-20(21)27-23(25)22-6-4-15-32-22)28-11-13-29(14-12-28)24(30)26-10-3-2-5-19-9-16-33-34-19/h4,6-8,15,17,19H,2-3,5,9-14,16H2,1H3,(H2,25,27)(H,26,30). The second-order valence-electron chi connectivity index (χ2n) is 8.36. The molecule has 3 N–H and O–H groups in total. The van der Waals surface area contributed by atoms with Crippen LogP contribution in [0.25, 0.3) is 0 Å². The molecule has 0 radical (unpaired) electrons. The molecule has 7 nitrogen and oxygen atoms in total. The van der Waals surface area contributed by atoms with Crippen LogP contribution in [-0.4, -0.2) is 67.6 Å². The molecule has 1 aromatic heterocycles. The van der Waals surface area contributed by atoms with E-state index in [1.54, 1.807) is 18.4 Å². The molecule has 3 heterocycles. The summed E-state index contributed by atoms with van der Waals surface area (Å²) >= 11 is 1.56. The van der Waals surface area contributed by atoms with E-state index >= 15 is 0 Å². The molecule has 2 fully saturated rings. The maximum Gasteiger partial charge on any atom is 0.317 e. The molecule has 10 heteroatoms. The molecular weight excluding hydrogens is 486 g/mol. The summed E-state index contributed by atoms with van der Waals surface area (Å²) in [4.78, 5) is 22.2. The van der Waals surface area contributed by atoms with Crippen LogP contribution < -0.4 is 20.7 Å². The van der Waals surface area contributed by atoms with E-state index in [-0.39, 0.29) is 6.03 Å². The number of nitrogens with one attached hydrogen (secondary N) is 1. The lowest BCUT2D eigenvalue weighted by molar-refractivity contribution is 0.194. The molecule has 2 saturated heterocycles. The number of amidine groups is 1. The number of urea groups is 1. The molecule has 0 aliphatic carbocycles. The average Bonchev–Trinajstić information content (AvgIpc) is 3.59. The zero-order chi connectivity index (χ0) is 23.8. The van der Waals surface area contributed by atoms with Crippen LogP contribution in [0.1, 0.15) is 30.6 Å². The van der Waals surface area contributed by atoms with E-state index < -0.39 is 0 Å². The first-order chi connectivity index (χ1) is 16.6. The Morgan fingerprint density at radius 2 is 2.09 bits per heavy atom. The lowest BCUT2D eigenvalue weighted by Gasteiger charge is -2.36. The summed E-state index contributed by atoms with van der Waals surface area (Å²) < 4.78 is 5.59. The van der Waals surface area contributed by atoms with E-state index in [1.807, 2.05) is 62.2 Å². The van der Waals surface area contributed by atoms with Gasteiger partial charge in [-0.1, -0.05) is 34.1 Å². The highest BCUT2D eigenvalue weighted by Gasteiger charge is 2.22. The molecular formula is C24H33N5O2S3. The zero-order valence-electron chi connectivity index (χ0n) is 19.6. The number of methoxy groups -OCH3 is 1. The van der Waals surface area contributed by atoms with Crippen LogP contribution in [0.2, 0.25) is 0 Å². The van der Waals surface area contributed by atoms with Gasteiger partial charge in [0.15, 0.2) is 0 Å². The lowest BCUT2D eigenvalue weighted by Crippen LogP contribution is -2.52. The highest BCUT2D eigenvalue weighted by molar-refractivity contribution is 8.77. The normalized spacial score (nSPS) is 18.9. The van der Waals surface area contributed by atoms with Gasteiger partial charge in [-0.3, -0.25) is 0 Å². The Morgan fingerprint density at radius 3 is 2.79 bits per heavy atom. The van der Waals surface area contributed by atoms with E-state index in [9.17, 15) is 4.79 Å². The van der Waals surface area contributed by atoms with Crippen molar-refractivity contribution in [1.29, 1.82) is 0 Å². The number of unbranched alkanes of at least 4 members (excludes halogenated alkanes) is 1. The molecule has 0 spiro atoms. The molecule has 184 valence electrons. The van der Waals surface area contributed by atoms with Crippen LogP contribution in [-0.2, 0) is 0 Å². The first-order valence-corrected chi connectivity index (χ1v) is 15.0. The number of nitrogens with zero attached hydrogens (tertiary/aromatic N) is 3. The number of thiophene rings is 1. The fraction of sp³-hybridized carbons (Fsp3) is 0.500. The highest BCUT2D eigenvalue weighted by Crippen LogP contribution is 2.39. The zero-order valence-corrected chi connectivity index (χ0v) is 22.0. The van der Waals surface area contributed by atoms with Gasteiger partial charge in [0.2, 0.25) is 0 Å². The summed E-state index contributed by atoms with van der Waals surface area (Å²) in [5, 5.41) is 5.89. The highest BCUT2D eigenvalue weighted by atomic mass is 33.1. The van der Waals surface area contributed by atoms with E-state index in [4.69, 9.17) is 10.5 Å². The van der Waals surface area contributed by atoms with Gasteiger partial charge < -0.3 is 25.6 Å². The van der Waals surface area contributed by atoms with E-state index in [0.717, 1.165) is 41.9 Å². The van der Waals surface area contributed by atoms with Gasteiger partial charge in [-0.05, 0) is 42.8 Å². The molecule has 2 aromatic rings. The number of amides is 2. The molecule has 2 aliphatic heterocycles. The van der Waals surface area contributed by atoms with Crippen molar-refractivity contribution in [2.24, 2.45) is 10.7 Å². The van der Waals surface area contributed by atoms with Crippen molar-refractivity contribution >= 4 is 56.2 Å². The largest absolute Gasteiger partial charge is 0.494 e. The van der Waals surface area contributed by atoms with Gasteiger partial charge in [0.1, 0.15) is 17.3 Å². The lowest BCUT2D eigenvalue weighted by atomic mass is 10.1. The predicted molar refractivity (Wildman–Crippen MR) is 147 cm³/mol. The third-order valence-corrected chi connectivity index (χ3v) is 9.97. The molecule has 4 rings (SSSR count). The molecule has 0 saturated carbocycles. The number of piperazine rings is 1. The maximum absolute atomic E-state index is 12.5. The monoisotopic (exact) mass is 519 g/mol. The van der Waals surface area contributed by atoms with Gasteiger partial charge in [0.05, 0.1) is 12.0 Å². The number of carbonyl (C=O) groups excluding carboxylic acids is 1. The molecule has 2 amide bonds. The van der Waals surface area contributed by atoms with Crippen molar-refractivity contribution in [3.8, 4) is 5.75 Å². The quantitative estimate of drug-likeness (QED) is 0.211. The summed E-state index contributed by atoms with van der Waals surface area (Å²) in [5.41, 5.74) is 7.92. The predicted octanol–water partition coefficient (Wildman–Crippen LogP) is 4.95. The Kier molecular flexibility index (Phi) is 9.29. The van der Waals surface area contributed by atoms with Gasteiger partial charge in [0, 0.05) is 55.5 Å². The van der Waals surface area contributed by atoms with Crippen molar-refractivity contribution in [2.75, 3.05) is 50.5 Å². The van der Waals surface area contributed by atoms with Crippen molar-refractivity contribution in [2.45, 2.75) is 30.9 Å². The Labute approximate surface area is 213 Å². The molecule has 1 unspecified atom stereocenters. The third-order valence-electron chi connectivity index (χ3n) is 6.07. The fourth-order valence-electron chi connectivity index (χ4n) is 4.10. The van der Waals surface area contributed by atoms with Gasteiger partial charge in [-0.2, -0.15) is 0 Å². The minimum absolute atomic E-state index is 0.0526. The summed E-state index contributed by atoms with van der Waals surface area (Å²) in [5.74, 6) is 2.46. The van der Waals surface area contributed by atoms with E-state index in [1.165, 1.54) is 25.0 Å². The van der Waals surface area contributed by atoms with Crippen LogP contribution in [0.4, 0.5) is 16.2 Å². The second-order valence-corrected chi connectivity index (χ2v) is 12.1.